The number of carbonyl (C=O) groups excluding carboxylic acids is 2. The van der Waals surface area contributed by atoms with Gasteiger partial charge in [0.15, 0.2) is 0 Å². The van der Waals surface area contributed by atoms with Crippen molar-refractivity contribution in [2.45, 2.75) is 26.8 Å². The highest BCUT2D eigenvalue weighted by Gasteiger charge is 2.27. The molecule has 2 saturated heterocycles. The van der Waals surface area contributed by atoms with Gasteiger partial charge < -0.3 is 10.2 Å². The molecule has 3 rings (SSSR count). The van der Waals surface area contributed by atoms with E-state index >= 15 is 0 Å². The molecule has 6 nitrogen and oxygen atoms in total. The van der Waals surface area contributed by atoms with Crippen LogP contribution in [0.1, 0.15) is 25.8 Å². The molecular weight excluding hydrogens is 388 g/mol. The molecule has 2 amide bonds. The van der Waals surface area contributed by atoms with Crippen molar-refractivity contribution in [3.63, 3.8) is 0 Å². The van der Waals surface area contributed by atoms with Crippen LogP contribution in [-0.4, -0.2) is 78.9 Å². The van der Waals surface area contributed by atoms with Crippen molar-refractivity contribution >= 4 is 23.4 Å². The number of piperazine rings is 1. The normalized spacial score (nSPS) is 23.8. The number of amides is 2. The molecule has 2 aliphatic heterocycles. The van der Waals surface area contributed by atoms with Crippen LogP contribution in [0.4, 0.5) is 0 Å². The van der Waals surface area contributed by atoms with Gasteiger partial charge in [-0.3, -0.25) is 19.4 Å². The maximum absolute atomic E-state index is 12.7. The minimum atomic E-state index is 0.0193. The van der Waals surface area contributed by atoms with Gasteiger partial charge in [-0.2, -0.15) is 0 Å². The van der Waals surface area contributed by atoms with Gasteiger partial charge in [-0.05, 0) is 36.0 Å². The highest BCUT2D eigenvalue weighted by atomic mass is 35.5. The standard InChI is InChI=1S/C22H33ClN4O2/c1-17-10-18(2)14-27(13-17)22(29)16-26-8-6-25(7-9-26)15-21(28)24-12-19-4-3-5-20(23)11-19/h3-5,11,17-18H,6-10,12-16H2,1-2H3,(H,24,28)/t17-,18-/m1/s1. The van der Waals surface area contributed by atoms with Gasteiger partial charge in [0.25, 0.3) is 0 Å². The number of hydrogen-bond acceptors (Lipinski definition) is 4. The van der Waals surface area contributed by atoms with Crippen LogP contribution in [0.5, 0.6) is 0 Å². The second kappa shape index (κ2) is 10.4. The highest BCUT2D eigenvalue weighted by Crippen LogP contribution is 2.21. The minimum Gasteiger partial charge on any atom is -0.351 e. The number of hydrogen-bond donors (Lipinski definition) is 1. The van der Waals surface area contributed by atoms with Crippen LogP contribution in [0.2, 0.25) is 5.02 Å². The van der Waals surface area contributed by atoms with Crippen LogP contribution in [-0.2, 0) is 16.1 Å². The van der Waals surface area contributed by atoms with Crippen LogP contribution in [0, 0.1) is 11.8 Å². The summed E-state index contributed by atoms with van der Waals surface area (Å²) < 4.78 is 0. The molecule has 1 aromatic rings. The monoisotopic (exact) mass is 420 g/mol. The molecule has 29 heavy (non-hydrogen) atoms. The molecule has 1 N–H and O–H groups in total. The maximum atomic E-state index is 12.7. The van der Waals surface area contributed by atoms with E-state index in [0.29, 0.717) is 36.5 Å². The molecule has 160 valence electrons. The van der Waals surface area contributed by atoms with Crippen molar-refractivity contribution < 1.29 is 9.59 Å². The van der Waals surface area contributed by atoms with Gasteiger partial charge >= 0.3 is 0 Å². The lowest BCUT2D eigenvalue weighted by atomic mass is 9.92. The SMILES string of the molecule is C[C@@H]1C[C@@H](C)CN(C(=O)CN2CCN(CC(=O)NCc3cccc(Cl)c3)CC2)C1. The van der Waals surface area contributed by atoms with E-state index in [1.807, 2.05) is 29.2 Å². The fourth-order valence-electron chi connectivity index (χ4n) is 4.37. The van der Waals surface area contributed by atoms with E-state index in [9.17, 15) is 9.59 Å². The molecule has 2 fully saturated rings. The largest absolute Gasteiger partial charge is 0.351 e. The summed E-state index contributed by atoms with van der Waals surface area (Å²) in [6.45, 7) is 10.9. The van der Waals surface area contributed by atoms with Gasteiger partial charge in [0.05, 0.1) is 13.1 Å². The quantitative estimate of drug-likeness (QED) is 0.765. The lowest BCUT2D eigenvalue weighted by Gasteiger charge is -2.38. The Morgan fingerprint density at radius 2 is 1.66 bits per heavy atom. The van der Waals surface area contributed by atoms with Gasteiger partial charge in [0.1, 0.15) is 0 Å². The Hall–Kier alpha value is -1.63. The molecule has 2 atom stereocenters. The minimum absolute atomic E-state index is 0.0193. The topological polar surface area (TPSA) is 55.9 Å². The first-order chi connectivity index (χ1) is 13.9. The van der Waals surface area contributed by atoms with E-state index in [1.165, 1.54) is 6.42 Å². The van der Waals surface area contributed by atoms with Crippen molar-refractivity contribution in [3.8, 4) is 0 Å². The van der Waals surface area contributed by atoms with Gasteiger partial charge in [-0.25, -0.2) is 0 Å². The summed E-state index contributed by atoms with van der Waals surface area (Å²) in [6, 6.07) is 7.52. The van der Waals surface area contributed by atoms with E-state index < -0.39 is 0 Å². The van der Waals surface area contributed by atoms with E-state index in [4.69, 9.17) is 11.6 Å². The number of nitrogens with one attached hydrogen (secondary N) is 1. The zero-order chi connectivity index (χ0) is 20.8. The maximum Gasteiger partial charge on any atom is 0.236 e. The third kappa shape index (κ3) is 6.98. The Kier molecular flexibility index (Phi) is 7.92. The van der Waals surface area contributed by atoms with Crippen molar-refractivity contribution in [2.24, 2.45) is 11.8 Å². The molecule has 0 saturated carbocycles. The average molecular weight is 421 g/mol. The molecule has 2 heterocycles. The van der Waals surface area contributed by atoms with E-state index in [2.05, 4.69) is 29.0 Å². The predicted molar refractivity (Wildman–Crippen MR) is 116 cm³/mol. The summed E-state index contributed by atoms with van der Waals surface area (Å²) in [5, 5.41) is 3.63. The number of piperidine rings is 1. The fourth-order valence-corrected chi connectivity index (χ4v) is 4.58. The molecule has 0 spiro atoms. The molecule has 2 aliphatic rings. The van der Waals surface area contributed by atoms with Crippen molar-refractivity contribution in [1.29, 1.82) is 0 Å². The molecule has 0 aromatic heterocycles. The number of benzene rings is 1. The third-order valence-corrected chi connectivity index (χ3v) is 6.03. The first kappa shape index (κ1) is 22.1. The Morgan fingerprint density at radius 3 is 2.28 bits per heavy atom. The molecular formula is C22H33ClN4O2. The van der Waals surface area contributed by atoms with Gasteiger partial charge in [0, 0.05) is 50.8 Å². The Morgan fingerprint density at radius 1 is 1.03 bits per heavy atom. The van der Waals surface area contributed by atoms with Crippen LogP contribution >= 0.6 is 11.6 Å². The van der Waals surface area contributed by atoms with Gasteiger partial charge in [-0.15, -0.1) is 0 Å². The molecule has 1 aromatic carbocycles. The molecule has 0 bridgehead atoms. The summed E-state index contributed by atoms with van der Waals surface area (Å²) >= 11 is 5.98. The first-order valence-electron chi connectivity index (χ1n) is 10.6. The number of nitrogens with zero attached hydrogens (tertiary/aromatic N) is 3. The van der Waals surface area contributed by atoms with Crippen LogP contribution in [0.25, 0.3) is 0 Å². The molecule has 7 heteroatoms. The van der Waals surface area contributed by atoms with Crippen LogP contribution in [0.15, 0.2) is 24.3 Å². The van der Waals surface area contributed by atoms with Crippen molar-refractivity contribution in [3.05, 3.63) is 34.9 Å². The summed E-state index contributed by atoms with van der Waals surface area (Å²) in [5.41, 5.74) is 0.996. The summed E-state index contributed by atoms with van der Waals surface area (Å²) in [4.78, 5) is 31.3. The van der Waals surface area contributed by atoms with Crippen LogP contribution in [0.3, 0.4) is 0 Å². The van der Waals surface area contributed by atoms with Gasteiger partial charge in [0.2, 0.25) is 11.8 Å². The summed E-state index contributed by atoms with van der Waals surface area (Å²) in [7, 11) is 0. The third-order valence-electron chi connectivity index (χ3n) is 5.79. The number of rotatable bonds is 6. The Balaban J connectivity index is 1.35. The number of carbonyl (C=O) groups is 2. The molecule has 0 radical (unpaired) electrons. The van der Waals surface area contributed by atoms with Crippen LogP contribution < -0.4 is 5.32 Å². The second-order valence-corrected chi connectivity index (χ2v) is 9.14. The zero-order valence-corrected chi connectivity index (χ0v) is 18.3. The fraction of sp³-hybridized carbons (Fsp3) is 0.636. The lowest BCUT2D eigenvalue weighted by Crippen LogP contribution is -2.53. The lowest BCUT2D eigenvalue weighted by molar-refractivity contribution is -0.135. The average Bonchev–Trinajstić information content (AvgIpc) is 2.67. The summed E-state index contributed by atoms with van der Waals surface area (Å²) in [6.07, 6.45) is 1.21. The first-order valence-corrected chi connectivity index (χ1v) is 11.0. The van der Waals surface area contributed by atoms with E-state index in [0.717, 1.165) is 44.8 Å². The summed E-state index contributed by atoms with van der Waals surface area (Å²) in [5.74, 6) is 1.44. The highest BCUT2D eigenvalue weighted by molar-refractivity contribution is 6.30. The van der Waals surface area contributed by atoms with Crippen molar-refractivity contribution in [1.82, 2.24) is 20.0 Å². The van der Waals surface area contributed by atoms with E-state index in [-0.39, 0.29) is 11.8 Å². The molecule has 0 aliphatic carbocycles. The van der Waals surface area contributed by atoms with E-state index in [1.54, 1.807) is 0 Å². The zero-order valence-electron chi connectivity index (χ0n) is 17.6. The smallest absolute Gasteiger partial charge is 0.236 e. The molecule has 0 unspecified atom stereocenters. The predicted octanol–water partition coefficient (Wildman–Crippen LogP) is 2.08. The number of likely N-dealkylation sites (tertiary alicyclic amines) is 1. The van der Waals surface area contributed by atoms with Crippen molar-refractivity contribution in [2.75, 3.05) is 52.4 Å². The Bertz CT molecular complexity index is 696. The Labute approximate surface area is 179 Å². The number of halogens is 1. The second-order valence-electron chi connectivity index (χ2n) is 8.70. The van der Waals surface area contributed by atoms with Gasteiger partial charge in [-0.1, -0.05) is 37.6 Å².